The van der Waals surface area contributed by atoms with Crippen molar-refractivity contribution in [2.24, 2.45) is 0 Å². The molecule has 0 aliphatic rings. The minimum absolute atomic E-state index is 0.233. The van der Waals surface area contributed by atoms with Crippen molar-refractivity contribution >= 4 is 17.8 Å². The lowest BCUT2D eigenvalue weighted by atomic mass is 10.2. The Morgan fingerprint density at radius 1 is 1.17 bits per heavy atom. The molecule has 148 valence electrons. The van der Waals surface area contributed by atoms with Crippen LogP contribution < -0.4 is 5.32 Å². The first-order valence-corrected chi connectivity index (χ1v) is 9.55. The van der Waals surface area contributed by atoms with Gasteiger partial charge in [-0.3, -0.25) is 4.79 Å². The number of nitriles is 1. The van der Waals surface area contributed by atoms with Crippen LogP contribution in [-0.4, -0.2) is 20.3 Å². The van der Waals surface area contributed by atoms with E-state index in [0.29, 0.717) is 18.8 Å². The first kappa shape index (κ1) is 20.2. The smallest absolute Gasteiger partial charge is 0.249 e. The van der Waals surface area contributed by atoms with Crippen LogP contribution in [0.5, 0.6) is 0 Å². The average Bonchev–Trinajstić information content (AvgIpc) is 3.17. The van der Waals surface area contributed by atoms with Crippen molar-refractivity contribution in [3.8, 4) is 11.8 Å². The Kier molecular flexibility index (Phi) is 5.99. The average molecular weight is 387 g/mol. The summed E-state index contributed by atoms with van der Waals surface area (Å²) in [6.45, 7) is 8.47. The molecule has 1 N–H and O–H groups in total. The summed E-state index contributed by atoms with van der Waals surface area (Å²) < 4.78 is 3.82. The predicted octanol–water partition coefficient (Wildman–Crippen LogP) is 4.47. The van der Waals surface area contributed by atoms with E-state index in [4.69, 9.17) is 5.26 Å². The van der Waals surface area contributed by atoms with Gasteiger partial charge in [0.2, 0.25) is 5.91 Å². The largest absolute Gasteiger partial charge is 0.318 e. The summed E-state index contributed by atoms with van der Waals surface area (Å²) in [4.78, 5) is 12.4. The van der Waals surface area contributed by atoms with E-state index in [1.54, 1.807) is 10.7 Å². The Hall–Kier alpha value is -3.59. The number of benzene rings is 1. The molecule has 1 aromatic carbocycles. The number of aryl methyl sites for hydroxylation is 4. The lowest BCUT2D eigenvalue weighted by molar-refractivity contribution is -0.111. The molecule has 0 aliphatic heterocycles. The molecular formula is C23H25N5O. The predicted molar refractivity (Wildman–Crippen MR) is 115 cm³/mol. The maximum Gasteiger partial charge on any atom is 0.249 e. The lowest BCUT2D eigenvalue weighted by Crippen LogP contribution is -2.13. The van der Waals surface area contributed by atoms with E-state index < -0.39 is 0 Å². The summed E-state index contributed by atoms with van der Waals surface area (Å²) in [5.41, 5.74) is 6.29. The summed E-state index contributed by atoms with van der Waals surface area (Å²) in [5.74, 6) is 0.362. The van der Waals surface area contributed by atoms with Crippen LogP contribution in [0.4, 0.5) is 5.82 Å². The zero-order chi connectivity index (χ0) is 21.0. The number of nitrogens with one attached hydrogen (secondary N) is 1. The van der Waals surface area contributed by atoms with Crippen LogP contribution in [0.1, 0.15) is 34.6 Å². The molecule has 0 saturated carbocycles. The van der Waals surface area contributed by atoms with Gasteiger partial charge in [0.15, 0.2) is 0 Å². The molecule has 6 nitrogen and oxygen atoms in total. The molecule has 1 amide bonds. The summed E-state index contributed by atoms with van der Waals surface area (Å²) in [6, 6.07) is 14.3. The van der Waals surface area contributed by atoms with Gasteiger partial charge in [0, 0.05) is 29.2 Å². The Morgan fingerprint density at radius 2 is 1.90 bits per heavy atom. The van der Waals surface area contributed by atoms with Gasteiger partial charge in [-0.1, -0.05) is 17.7 Å². The molecule has 0 spiro atoms. The highest BCUT2D eigenvalue weighted by atomic mass is 16.1. The highest BCUT2D eigenvalue weighted by Gasteiger charge is 2.10. The molecule has 3 aromatic rings. The number of hydrogen-bond donors (Lipinski definition) is 1. The highest BCUT2D eigenvalue weighted by molar-refractivity contribution is 6.01. The fraction of sp³-hybridized carbons (Fsp3) is 0.261. The van der Waals surface area contributed by atoms with Crippen LogP contribution in [0.3, 0.4) is 0 Å². The second-order valence-electron chi connectivity index (χ2n) is 7.12. The third kappa shape index (κ3) is 4.64. The Labute approximate surface area is 171 Å². The number of rotatable bonds is 6. The maximum absolute atomic E-state index is 12.4. The van der Waals surface area contributed by atoms with E-state index in [1.807, 2.05) is 19.9 Å². The monoisotopic (exact) mass is 387 g/mol. The van der Waals surface area contributed by atoms with Crippen LogP contribution >= 0.6 is 0 Å². The van der Waals surface area contributed by atoms with E-state index in [2.05, 4.69) is 65.2 Å². The maximum atomic E-state index is 12.4. The quantitative estimate of drug-likeness (QED) is 0.634. The molecule has 0 atom stereocenters. The Morgan fingerprint density at radius 3 is 2.59 bits per heavy atom. The number of nitrogens with zero attached hydrogens (tertiary/aromatic N) is 4. The normalized spacial score (nSPS) is 11.0. The summed E-state index contributed by atoms with van der Waals surface area (Å²) >= 11 is 0. The molecule has 0 aliphatic carbocycles. The third-order valence-electron chi connectivity index (χ3n) is 4.77. The van der Waals surface area contributed by atoms with Gasteiger partial charge in [-0.05, 0) is 57.5 Å². The van der Waals surface area contributed by atoms with Crippen molar-refractivity contribution in [2.75, 3.05) is 5.32 Å². The van der Waals surface area contributed by atoms with Crippen molar-refractivity contribution in [3.63, 3.8) is 0 Å². The van der Waals surface area contributed by atoms with Crippen LogP contribution in [0, 0.1) is 39.0 Å². The zero-order valence-electron chi connectivity index (χ0n) is 17.2. The Balaban J connectivity index is 1.77. The fourth-order valence-electron chi connectivity index (χ4n) is 3.35. The van der Waals surface area contributed by atoms with E-state index in [1.165, 1.54) is 11.6 Å². The Bertz CT molecular complexity index is 1090. The van der Waals surface area contributed by atoms with Gasteiger partial charge in [-0.25, -0.2) is 4.68 Å². The topological polar surface area (TPSA) is 75.6 Å². The molecular weight excluding hydrogens is 362 g/mol. The van der Waals surface area contributed by atoms with Crippen molar-refractivity contribution in [1.82, 2.24) is 14.3 Å². The first-order valence-electron chi connectivity index (χ1n) is 9.55. The molecule has 2 aromatic heterocycles. The van der Waals surface area contributed by atoms with Crippen LogP contribution in [0.15, 0.2) is 42.5 Å². The number of anilines is 1. The van der Waals surface area contributed by atoms with Gasteiger partial charge in [-0.2, -0.15) is 10.4 Å². The number of carbonyl (C=O) groups is 1. The summed E-state index contributed by atoms with van der Waals surface area (Å²) in [6.07, 6.45) is 3.69. The summed E-state index contributed by atoms with van der Waals surface area (Å²) in [5, 5.41) is 15.9. The van der Waals surface area contributed by atoms with Crippen molar-refractivity contribution in [1.29, 1.82) is 5.26 Å². The molecule has 3 rings (SSSR count). The summed E-state index contributed by atoms with van der Waals surface area (Å²) in [7, 11) is 0. The molecule has 2 heterocycles. The van der Waals surface area contributed by atoms with Crippen molar-refractivity contribution in [2.45, 2.75) is 40.7 Å². The van der Waals surface area contributed by atoms with E-state index >= 15 is 0 Å². The van der Waals surface area contributed by atoms with Gasteiger partial charge in [0.25, 0.3) is 0 Å². The van der Waals surface area contributed by atoms with Gasteiger partial charge in [0.05, 0.1) is 24.7 Å². The standard InChI is InChI=1S/C23H25N5O/c1-16-6-9-21(10-7-16)28-18(3)15-20(19(28)4)8-11-23(29)25-22-14-17(2)26-27(22)13-5-12-24/h6-11,14-15H,5,13H2,1-4H3,(H,25,29)/b11-8+. The molecule has 6 heteroatoms. The van der Waals surface area contributed by atoms with Crippen LogP contribution in [0.25, 0.3) is 11.8 Å². The van der Waals surface area contributed by atoms with Gasteiger partial charge in [0.1, 0.15) is 5.82 Å². The molecule has 0 unspecified atom stereocenters. The van der Waals surface area contributed by atoms with E-state index in [9.17, 15) is 4.79 Å². The third-order valence-corrected chi connectivity index (χ3v) is 4.77. The number of carbonyl (C=O) groups excluding carboxylic acids is 1. The molecule has 0 bridgehead atoms. The number of amides is 1. The van der Waals surface area contributed by atoms with Crippen LogP contribution in [0.2, 0.25) is 0 Å². The van der Waals surface area contributed by atoms with Crippen molar-refractivity contribution in [3.05, 3.63) is 70.7 Å². The minimum atomic E-state index is -0.233. The van der Waals surface area contributed by atoms with E-state index in [0.717, 1.165) is 28.3 Å². The second kappa shape index (κ2) is 8.61. The van der Waals surface area contributed by atoms with Gasteiger partial charge < -0.3 is 9.88 Å². The molecule has 0 radical (unpaired) electrons. The zero-order valence-corrected chi connectivity index (χ0v) is 17.2. The van der Waals surface area contributed by atoms with Crippen LogP contribution in [-0.2, 0) is 11.3 Å². The SMILES string of the molecule is Cc1ccc(-n2c(C)cc(/C=C/C(=O)Nc3cc(C)nn3CCC#N)c2C)cc1. The van der Waals surface area contributed by atoms with E-state index in [-0.39, 0.29) is 5.91 Å². The second-order valence-corrected chi connectivity index (χ2v) is 7.12. The number of aromatic nitrogens is 3. The molecule has 0 fully saturated rings. The molecule has 29 heavy (non-hydrogen) atoms. The van der Waals surface area contributed by atoms with Crippen molar-refractivity contribution < 1.29 is 4.79 Å². The van der Waals surface area contributed by atoms with Gasteiger partial charge >= 0.3 is 0 Å². The molecule has 0 saturated heterocycles. The first-order chi connectivity index (χ1) is 13.9. The van der Waals surface area contributed by atoms with Gasteiger partial charge in [-0.15, -0.1) is 0 Å². The fourth-order valence-corrected chi connectivity index (χ4v) is 3.35. The number of hydrogen-bond acceptors (Lipinski definition) is 3. The minimum Gasteiger partial charge on any atom is -0.318 e. The highest BCUT2D eigenvalue weighted by Crippen LogP contribution is 2.22. The lowest BCUT2D eigenvalue weighted by Gasteiger charge is -2.10.